The van der Waals surface area contributed by atoms with Crippen LogP contribution in [0.2, 0.25) is 0 Å². The van der Waals surface area contributed by atoms with Crippen molar-refractivity contribution in [1.82, 2.24) is 9.55 Å². The highest BCUT2D eigenvalue weighted by Gasteiger charge is 2.29. The summed E-state index contributed by atoms with van der Waals surface area (Å²) < 4.78 is 2.30. The van der Waals surface area contributed by atoms with Crippen molar-refractivity contribution in [3.05, 3.63) is 18.7 Å². The maximum Gasteiger partial charge on any atom is 0.0951 e. The summed E-state index contributed by atoms with van der Waals surface area (Å²) in [6.45, 7) is 9.33. The van der Waals surface area contributed by atoms with E-state index in [2.05, 4.69) is 43.4 Å². The highest BCUT2D eigenvalue weighted by Crippen LogP contribution is 2.33. The fourth-order valence-corrected chi connectivity index (χ4v) is 3.11. The van der Waals surface area contributed by atoms with Gasteiger partial charge in [-0.3, -0.25) is 0 Å². The zero-order chi connectivity index (χ0) is 14.8. The minimum Gasteiger partial charge on any atom is -0.332 e. The first-order valence-electron chi connectivity index (χ1n) is 8.61. The van der Waals surface area contributed by atoms with Gasteiger partial charge in [0.05, 0.1) is 6.33 Å². The Kier molecular flexibility index (Phi) is 7.94. The molecule has 0 saturated carbocycles. The van der Waals surface area contributed by atoms with Crippen LogP contribution in [0.5, 0.6) is 0 Å². The molecule has 1 atom stereocenters. The summed E-state index contributed by atoms with van der Waals surface area (Å²) in [5, 5.41) is 0. The van der Waals surface area contributed by atoms with Crippen LogP contribution in [0, 0.1) is 5.92 Å². The van der Waals surface area contributed by atoms with Crippen LogP contribution in [0.3, 0.4) is 0 Å². The third-order valence-corrected chi connectivity index (χ3v) is 4.73. The number of imidazole rings is 1. The second-order valence-corrected chi connectivity index (χ2v) is 6.67. The van der Waals surface area contributed by atoms with E-state index in [0.29, 0.717) is 0 Å². The Morgan fingerprint density at radius 1 is 0.950 bits per heavy atom. The maximum atomic E-state index is 4.23. The van der Waals surface area contributed by atoms with E-state index in [-0.39, 0.29) is 5.54 Å². The van der Waals surface area contributed by atoms with E-state index in [4.69, 9.17) is 0 Å². The summed E-state index contributed by atoms with van der Waals surface area (Å²) in [5.74, 6) is 0.762. The Labute approximate surface area is 126 Å². The van der Waals surface area contributed by atoms with Gasteiger partial charge in [0.2, 0.25) is 0 Å². The van der Waals surface area contributed by atoms with Crippen molar-refractivity contribution in [3.63, 3.8) is 0 Å². The Balaban J connectivity index is 2.54. The SMILES string of the molecule is CCCCCCC[C@H](CCCC)C(C)(C)n1ccnc1. The van der Waals surface area contributed by atoms with Gasteiger partial charge < -0.3 is 4.57 Å². The van der Waals surface area contributed by atoms with E-state index < -0.39 is 0 Å². The molecule has 2 heteroatoms. The third kappa shape index (κ3) is 5.30. The van der Waals surface area contributed by atoms with Crippen molar-refractivity contribution < 1.29 is 0 Å². The average molecular weight is 278 g/mol. The molecule has 0 aliphatic heterocycles. The van der Waals surface area contributed by atoms with E-state index in [1.54, 1.807) is 0 Å². The van der Waals surface area contributed by atoms with Gasteiger partial charge in [0.15, 0.2) is 0 Å². The van der Waals surface area contributed by atoms with Gasteiger partial charge in [-0.05, 0) is 32.6 Å². The summed E-state index contributed by atoms with van der Waals surface area (Å²) >= 11 is 0. The van der Waals surface area contributed by atoms with Crippen LogP contribution in [0.25, 0.3) is 0 Å². The molecule has 116 valence electrons. The molecule has 1 heterocycles. The molecule has 0 N–H and O–H groups in total. The van der Waals surface area contributed by atoms with Crippen LogP contribution in [0.15, 0.2) is 18.7 Å². The molecule has 2 nitrogen and oxygen atoms in total. The average Bonchev–Trinajstić information content (AvgIpc) is 2.96. The number of aromatic nitrogens is 2. The minimum atomic E-state index is 0.191. The third-order valence-electron chi connectivity index (χ3n) is 4.73. The Hall–Kier alpha value is -0.790. The normalized spacial score (nSPS) is 13.6. The fraction of sp³-hybridized carbons (Fsp3) is 0.833. The molecule has 0 radical (unpaired) electrons. The molecule has 0 spiro atoms. The van der Waals surface area contributed by atoms with Gasteiger partial charge in [-0.25, -0.2) is 4.98 Å². The fourth-order valence-electron chi connectivity index (χ4n) is 3.11. The summed E-state index contributed by atoms with van der Waals surface area (Å²) in [5.41, 5.74) is 0.191. The first-order valence-corrected chi connectivity index (χ1v) is 8.61. The summed E-state index contributed by atoms with van der Waals surface area (Å²) in [6, 6.07) is 0. The van der Waals surface area contributed by atoms with Crippen molar-refractivity contribution in [3.8, 4) is 0 Å². The van der Waals surface area contributed by atoms with Crippen LogP contribution < -0.4 is 0 Å². The van der Waals surface area contributed by atoms with Crippen molar-refractivity contribution in [2.75, 3.05) is 0 Å². The van der Waals surface area contributed by atoms with Crippen molar-refractivity contribution >= 4 is 0 Å². The van der Waals surface area contributed by atoms with Crippen LogP contribution in [0.4, 0.5) is 0 Å². The summed E-state index contributed by atoms with van der Waals surface area (Å²) in [7, 11) is 0. The van der Waals surface area contributed by atoms with Gasteiger partial charge in [0, 0.05) is 17.9 Å². The number of hydrogen-bond donors (Lipinski definition) is 0. The molecule has 1 aromatic heterocycles. The molecule has 1 rings (SSSR count). The number of hydrogen-bond acceptors (Lipinski definition) is 1. The molecule has 20 heavy (non-hydrogen) atoms. The lowest BCUT2D eigenvalue weighted by molar-refractivity contribution is 0.182. The van der Waals surface area contributed by atoms with E-state index in [1.165, 1.54) is 57.8 Å². The van der Waals surface area contributed by atoms with Crippen LogP contribution in [0.1, 0.15) is 85.5 Å². The number of unbranched alkanes of at least 4 members (excludes halogenated alkanes) is 5. The lowest BCUT2D eigenvalue weighted by Gasteiger charge is -2.36. The van der Waals surface area contributed by atoms with Crippen LogP contribution in [-0.2, 0) is 5.54 Å². The quantitative estimate of drug-likeness (QED) is 0.469. The Morgan fingerprint density at radius 2 is 1.60 bits per heavy atom. The lowest BCUT2D eigenvalue weighted by Crippen LogP contribution is -2.34. The van der Waals surface area contributed by atoms with Crippen molar-refractivity contribution in [1.29, 1.82) is 0 Å². The Morgan fingerprint density at radius 3 is 2.20 bits per heavy atom. The predicted octanol–water partition coefficient (Wildman–Crippen LogP) is 5.79. The molecular weight excluding hydrogens is 244 g/mol. The summed E-state index contributed by atoms with van der Waals surface area (Å²) in [4.78, 5) is 4.23. The maximum absolute atomic E-state index is 4.23. The van der Waals surface area contributed by atoms with E-state index >= 15 is 0 Å². The number of rotatable bonds is 11. The van der Waals surface area contributed by atoms with E-state index in [1.807, 2.05) is 12.5 Å². The first kappa shape index (κ1) is 17.3. The molecule has 0 amide bonds. The van der Waals surface area contributed by atoms with Crippen LogP contribution in [-0.4, -0.2) is 9.55 Å². The molecular formula is C18H34N2. The van der Waals surface area contributed by atoms with Gasteiger partial charge in [-0.2, -0.15) is 0 Å². The molecule has 1 aromatic rings. The standard InChI is InChI=1S/C18H34N2/c1-5-7-9-10-11-13-17(12-8-6-2)18(3,4)20-15-14-19-16-20/h14-17H,5-13H2,1-4H3/t17-/m0/s1. The first-order chi connectivity index (χ1) is 9.62. The summed E-state index contributed by atoms with van der Waals surface area (Å²) in [6.07, 6.45) is 18.3. The second kappa shape index (κ2) is 9.20. The van der Waals surface area contributed by atoms with Crippen molar-refractivity contribution in [2.24, 2.45) is 5.92 Å². The smallest absolute Gasteiger partial charge is 0.0951 e. The largest absolute Gasteiger partial charge is 0.332 e. The predicted molar refractivity (Wildman–Crippen MR) is 87.9 cm³/mol. The zero-order valence-electron chi connectivity index (χ0n) is 14.1. The van der Waals surface area contributed by atoms with Gasteiger partial charge in [-0.15, -0.1) is 0 Å². The zero-order valence-corrected chi connectivity index (χ0v) is 14.1. The highest BCUT2D eigenvalue weighted by molar-refractivity contribution is 4.90. The molecule has 0 unspecified atom stereocenters. The van der Waals surface area contributed by atoms with Gasteiger partial charge in [0.1, 0.15) is 0 Å². The van der Waals surface area contributed by atoms with Gasteiger partial charge in [-0.1, -0.05) is 58.8 Å². The monoisotopic (exact) mass is 278 g/mol. The number of nitrogens with zero attached hydrogens (tertiary/aromatic N) is 2. The molecule has 0 bridgehead atoms. The molecule has 0 saturated heterocycles. The van der Waals surface area contributed by atoms with Crippen molar-refractivity contribution in [2.45, 2.75) is 91.0 Å². The van der Waals surface area contributed by atoms with Gasteiger partial charge >= 0.3 is 0 Å². The molecule has 0 aliphatic rings. The molecule has 0 fully saturated rings. The lowest BCUT2D eigenvalue weighted by atomic mass is 9.80. The molecule has 0 aliphatic carbocycles. The van der Waals surface area contributed by atoms with Crippen LogP contribution >= 0.6 is 0 Å². The highest BCUT2D eigenvalue weighted by atomic mass is 15.1. The Bertz CT molecular complexity index is 327. The topological polar surface area (TPSA) is 17.8 Å². The van der Waals surface area contributed by atoms with E-state index in [0.717, 1.165) is 5.92 Å². The van der Waals surface area contributed by atoms with E-state index in [9.17, 15) is 0 Å². The second-order valence-electron chi connectivity index (χ2n) is 6.67. The molecule has 0 aromatic carbocycles. The minimum absolute atomic E-state index is 0.191. The van der Waals surface area contributed by atoms with Gasteiger partial charge in [0.25, 0.3) is 0 Å².